The van der Waals surface area contributed by atoms with Gasteiger partial charge in [-0.25, -0.2) is 4.98 Å². The van der Waals surface area contributed by atoms with Crippen molar-refractivity contribution in [2.75, 3.05) is 32.0 Å². The average molecular weight is 250 g/mol. The van der Waals surface area contributed by atoms with E-state index in [1.54, 1.807) is 17.0 Å². The molecule has 1 unspecified atom stereocenters. The van der Waals surface area contributed by atoms with Gasteiger partial charge in [0.25, 0.3) is 5.56 Å². The second-order valence-corrected chi connectivity index (χ2v) is 5.02. The summed E-state index contributed by atoms with van der Waals surface area (Å²) in [5.74, 6) is 1.09. The molecule has 2 heterocycles. The summed E-state index contributed by atoms with van der Waals surface area (Å²) in [7, 11) is 2.15. The SMILES string of the molecule is CCn1ccnc(NCC2CCCN(C)C2)c1=O. The van der Waals surface area contributed by atoms with Crippen LogP contribution in [0.2, 0.25) is 0 Å². The number of hydrogen-bond acceptors (Lipinski definition) is 4. The van der Waals surface area contributed by atoms with Crippen molar-refractivity contribution in [1.82, 2.24) is 14.5 Å². The molecule has 0 aromatic carbocycles. The van der Waals surface area contributed by atoms with E-state index in [9.17, 15) is 4.79 Å². The fourth-order valence-electron chi connectivity index (χ4n) is 2.50. The maximum absolute atomic E-state index is 12.0. The summed E-state index contributed by atoms with van der Waals surface area (Å²) in [5.41, 5.74) is -0.0239. The quantitative estimate of drug-likeness (QED) is 0.866. The Morgan fingerprint density at radius 3 is 3.11 bits per heavy atom. The summed E-state index contributed by atoms with van der Waals surface area (Å²) in [4.78, 5) is 18.4. The number of likely N-dealkylation sites (tertiary alicyclic amines) is 1. The molecule has 0 radical (unpaired) electrons. The third-order valence-corrected chi connectivity index (χ3v) is 3.53. The van der Waals surface area contributed by atoms with E-state index < -0.39 is 0 Å². The molecule has 0 bridgehead atoms. The molecule has 5 nitrogen and oxygen atoms in total. The molecule has 1 aliphatic heterocycles. The Balaban J connectivity index is 1.96. The lowest BCUT2D eigenvalue weighted by atomic mass is 9.98. The third kappa shape index (κ3) is 3.10. The first-order valence-electron chi connectivity index (χ1n) is 6.68. The second kappa shape index (κ2) is 6.00. The molecule has 1 N–H and O–H groups in total. The molecular formula is C13H22N4O. The molecule has 2 rings (SSSR count). The van der Waals surface area contributed by atoms with Gasteiger partial charge in [0, 0.05) is 32.0 Å². The van der Waals surface area contributed by atoms with Gasteiger partial charge in [-0.05, 0) is 39.3 Å². The molecule has 5 heteroatoms. The molecule has 1 fully saturated rings. The van der Waals surface area contributed by atoms with Crippen molar-refractivity contribution >= 4 is 5.82 Å². The topological polar surface area (TPSA) is 50.2 Å². The molecule has 100 valence electrons. The third-order valence-electron chi connectivity index (χ3n) is 3.53. The van der Waals surface area contributed by atoms with E-state index in [-0.39, 0.29) is 5.56 Å². The van der Waals surface area contributed by atoms with Crippen LogP contribution < -0.4 is 10.9 Å². The van der Waals surface area contributed by atoms with E-state index in [2.05, 4.69) is 22.2 Å². The zero-order valence-corrected chi connectivity index (χ0v) is 11.2. The van der Waals surface area contributed by atoms with Crippen LogP contribution in [0.15, 0.2) is 17.2 Å². The highest BCUT2D eigenvalue weighted by Gasteiger charge is 2.17. The zero-order chi connectivity index (χ0) is 13.0. The molecular weight excluding hydrogens is 228 g/mol. The second-order valence-electron chi connectivity index (χ2n) is 5.02. The van der Waals surface area contributed by atoms with Gasteiger partial charge in [-0.1, -0.05) is 0 Å². The van der Waals surface area contributed by atoms with Gasteiger partial charge in [0.2, 0.25) is 0 Å². The number of piperidine rings is 1. The van der Waals surface area contributed by atoms with Crippen LogP contribution in [0.5, 0.6) is 0 Å². The molecule has 1 aromatic heterocycles. The van der Waals surface area contributed by atoms with E-state index in [0.717, 1.165) is 13.1 Å². The van der Waals surface area contributed by atoms with Crippen LogP contribution in [-0.4, -0.2) is 41.1 Å². The maximum Gasteiger partial charge on any atom is 0.293 e. The first-order chi connectivity index (χ1) is 8.70. The lowest BCUT2D eigenvalue weighted by molar-refractivity contribution is 0.217. The first kappa shape index (κ1) is 13.1. The number of nitrogens with one attached hydrogen (secondary N) is 1. The first-order valence-corrected chi connectivity index (χ1v) is 6.68. The minimum Gasteiger partial charge on any atom is -0.365 e. The standard InChI is InChI=1S/C13H22N4O/c1-3-17-8-6-14-12(13(17)18)15-9-11-5-4-7-16(2)10-11/h6,8,11H,3-5,7,9-10H2,1-2H3,(H,14,15). The summed E-state index contributed by atoms with van der Waals surface area (Å²) in [5, 5.41) is 3.21. The Labute approximate surface area is 108 Å². The van der Waals surface area contributed by atoms with Gasteiger partial charge < -0.3 is 14.8 Å². The van der Waals surface area contributed by atoms with Crippen LogP contribution in [-0.2, 0) is 6.54 Å². The molecule has 0 amide bonds. The molecule has 0 saturated carbocycles. The van der Waals surface area contributed by atoms with Crippen LogP contribution in [0.3, 0.4) is 0 Å². The van der Waals surface area contributed by atoms with Crippen molar-refractivity contribution in [1.29, 1.82) is 0 Å². The Hall–Kier alpha value is -1.36. The van der Waals surface area contributed by atoms with Gasteiger partial charge in [-0.3, -0.25) is 4.79 Å². The molecule has 0 spiro atoms. The number of hydrogen-bond donors (Lipinski definition) is 1. The van der Waals surface area contributed by atoms with Gasteiger partial charge in [-0.2, -0.15) is 0 Å². The number of rotatable bonds is 4. The van der Waals surface area contributed by atoms with E-state index in [0.29, 0.717) is 18.3 Å². The fraction of sp³-hybridized carbons (Fsp3) is 0.692. The van der Waals surface area contributed by atoms with Crippen molar-refractivity contribution in [3.8, 4) is 0 Å². The summed E-state index contributed by atoms with van der Waals surface area (Å²) in [6.45, 7) is 5.76. The molecule has 1 aliphatic rings. The van der Waals surface area contributed by atoms with Gasteiger partial charge in [0.1, 0.15) is 0 Å². The van der Waals surface area contributed by atoms with E-state index in [1.165, 1.54) is 19.4 Å². The lowest BCUT2D eigenvalue weighted by Gasteiger charge is -2.29. The van der Waals surface area contributed by atoms with Crippen molar-refractivity contribution in [3.63, 3.8) is 0 Å². The normalized spacial score (nSPS) is 20.9. The van der Waals surface area contributed by atoms with Gasteiger partial charge in [-0.15, -0.1) is 0 Å². The van der Waals surface area contributed by atoms with Crippen LogP contribution in [0.25, 0.3) is 0 Å². The van der Waals surface area contributed by atoms with Crippen LogP contribution >= 0.6 is 0 Å². The van der Waals surface area contributed by atoms with E-state index >= 15 is 0 Å². The average Bonchev–Trinajstić information content (AvgIpc) is 2.38. The molecule has 1 atom stereocenters. The van der Waals surface area contributed by atoms with Gasteiger partial charge in [0.05, 0.1) is 0 Å². The maximum atomic E-state index is 12.0. The molecule has 1 aromatic rings. The van der Waals surface area contributed by atoms with Crippen molar-refractivity contribution < 1.29 is 0 Å². The minimum absolute atomic E-state index is 0.0239. The lowest BCUT2D eigenvalue weighted by Crippen LogP contribution is -2.36. The van der Waals surface area contributed by atoms with Crippen LogP contribution in [0.1, 0.15) is 19.8 Å². The molecule has 0 aliphatic carbocycles. The largest absolute Gasteiger partial charge is 0.365 e. The summed E-state index contributed by atoms with van der Waals surface area (Å²) in [6, 6.07) is 0. The smallest absolute Gasteiger partial charge is 0.293 e. The summed E-state index contributed by atoms with van der Waals surface area (Å²) >= 11 is 0. The van der Waals surface area contributed by atoms with E-state index in [1.807, 2.05) is 6.92 Å². The highest BCUT2D eigenvalue weighted by molar-refractivity contribution is 5.30. The fourth-order valence-corrected chi connectivity index (χ4v) is 2.50. The number of nitrogens with zero attached hydrogens (tertiary/aromatic N) is 3. The summed E-state index contributed by atoms with van der Waals surface area (Å²) in [6.07, 6.45) is 5.87. The van der Waals surface area contributed by atoms with Crippen molar-refractivity contribution in [3.05, 3.63) is 22.7 Å². The van der Waals surface area contributed by atoms with Crippen LogP contribution in [0, 0.1) is 5.92 Å². The van der Waals surface area contributed by atoms with Crippen LogP contribution in [0.4, 0.5) is 5.82 Å². The highest BCUT2D eigenvalue weighted by Crippen LogP contribution is 2.14. The van der Waals surface area contributed by atoms with Crippen molar-refractivity contribution in [2.24, 2.45) is 5.92 Å². The highest BCUT2D eigenvalue weighted by atomic mass is 16.1. The molecule has 1 saturated heterocycles. The molecule has 18 heavy (non-hydrogen) atoms. The van der Waals surface area contributed by atoms with Gasteiger partial charge >= 0.3 is 0 Å². The predicted molar refractivity (Wildman–Crippen MR) is 72.9 cm³/mol. The predicted octanol–water partition coefficient (Wildman–Crippen LogP) is 1.02. The monoisotopic (exact) mass is 250 g/mol. The minimum atomic E-state index is -0.0239. The Morgan fingerprint density at radius 2 is 2.39 bits per heavy atom. The Bertz CT molecular complexity index is 443. The summed E-state index contributed by atoms with van der Waals surface area (Å²) < 4.78 is 1.67. The Morgan fingerprint density at radius 1 is 1.56 bits per heavy atom. The van der Waals surface area contributed by atoms with Crippen molar-refractivity contribution in [2.45, 2.75) is 26.3 Å². The number of aromatic nitrogens is 2. The Kier molecular flexibility index (Phi) is 4.36. The zero-order valence-electron chi connectivity index (χ0n) is 11.2. The number of anilines is 1. The van der Waals surface area contributed by atoms with Gasteiger partial charge in [0.15, 0.2) is 5.82 Å². The number of aryl methyl sites for hydroxylation is 1. The van der Waals surface area contributed by atoms with E-state index in [4.69, 9.17) is 0 Å².